The number of benzene rings is 4. The molecule has 3 aliphatic rings. The molecule has 1 saturated heterocycles. The molecule has 0 unspecified atom stereocenters. The fourth-order valence-electron chi connectivity index (χ4n) is 6.99. The second kappa shape index (κ2) is 9.80. The third-order valence-corrected chi connectivity index (χ3v) is 8.80. The topological polar surface area (TPSA) is 153 Å². The van der Waals surface area contributed by atoms with E-state index >= 15 is 0 Å². The highest BCUT2D eigenvalue weighted by Gasteiger charge is 2.70. The number of nitro groups is 2. The first kappa shape index (κ1) is 26.9. The molecule has 11 nitrogen and oxygen atoms in total. The Morgan fingerprint density at radius 2 is 1.48 bits per heavy atom. The Hall–Kier alpha value is -5.97. The molecule has 0 aromatic heterocycles. The second-order valence-corrected chi connectivity index (χ2v) is 10.9. The van der Waals surface area contributed by atoms with Crippen LogP contribution in [0.1, 0.15) is 31.8 Å². The summed E-state index contributed by atoms with van der Waals surface area (Å²) in [5, 5.41) is 25.9. The number of nitrogens with one attached hydrogen (secondary N) is 1. The molecule has 1 spiro atoms. The highest BCUT2D eigenvalue weighted by Crippen LogP contribution is 2.58. The molecule has 3 heterocycles. The molecule has 4 aromatic carbocycles. The summed E-state index contributed by atoms with van der Waals surface area (Å²) in [6, 6.07) is 22.6. The second-order valence-electron chi connectivity index (χ2n) is 10.9. The molecular formula is C33H22N4O7. The zero-order valence-electron chi connectivity index (χ0n) is 22.8. The van der Waals surface area contributed by atoms with Gasteiger partial charge in [-0.25, -0.2) is 0 Å². The zero-order valence-corrected chi connectivity index (χ0v) is 22.8. The van der Waals surface area contributed by atoms with Gasteiger partial charge in [-0.05, 0) is 35.4 Å². The molecule has 1 fully saturated rings. The lowest BCUT2D eigenvalue weighted by atomic mass is 9.64. The molecule has 1 N–H and O–H groups in total. The maximum Gasteiger partial charge on any atom is 0.270 e. The SMILES string of the molecule is O=C(c1ccc([N+](=O)[O-])cc1)[C@@H]1[C@H](C(=O)c2cccc([N+](=O)[O-])c2)[C@]2(C(=O)Nc3ccccc32)[C@@H]2C=Cc3ccccc3N12. The number of rotatable bonds is 6. The normalized spacial score (nSPS) is 22.6. The number of carbonyl (C=O) groups excluding carboxylic acids is 3. The molecule has 1 amide bonds. The van der Waals surface area contributed by atoms with Gasteiger partial charge in [0.2, 0.25) is 5.91 Å². The Bertz CT molecular complexity index is 1950. The maximum atomic E-state index is 14.8. The van der Waals surface area contributed by atoms with Crippen molar-refractivity contribution in [2.24, 2.45) is 5.92 Å². The van der Waals surface area contributed by atoms with Crippen LogP contribution in [0.2, 0.25) is 0 Å². The molecule has 0 saturated carbocycles. The van der Waals surface area contributed by atoms with E-state index in [0.29, 0.717) is 16.9 Å². The Morgan fingerprint density at radius 3 is 2.23 bits per heavy atom. The Kier molecular flexibility index (Phi) is 5.99. The summed E-state index contributed by atoms with van der Waals surface area (Å²) in [5.41, 5.74) is 0.441. The van der Waals surface area contributed by atoms with Crippen molar-refractivity contribution in [1.29, 1.82) is 0 Å². The Labute approximate surface area is 249 Å². The number of amides is 1. The van der Waals surface area contributed by atoms with Gasteiger partial charge in [-0.2, -0.15) is 0 Å². The number of hydrogen-bond donors (Lipinski definition) is 1. The minimum atomic E-state index is -1.59. The summed E-state index contributed by atoms with van der Waals surface area (Å²) >= 11 is 0. The number of Topliss-reactive ketones (excluding diaryl/α,β-unsaturated/α-hetero) is 2. The zero-order chi connectivity index (χ0) is 30.7. The first-order valence-electron chi connectivity index (χ1n) is 13.8. The van der Waals surface area contributed by atoms with E-state index in [1.165, 1.54) is 42.5 Å². The van der Waals surface area contributed by atoms with Crippen LogP contribution in [0.15, 0.2) is 103 Å². The summed E-state index contributed by atoms with van der Waals surface area (Å²) < 4.78 is 0. The van der Waals surface area contributed by atoms with Crippen molar-refractivity contribution in [2.45, 2.75) is 17.5 Å². The lowest BCUT2D eigenvalue weighted by molar-refractivity contribution is -0.385. The maximum absolute atomic E-state index is 14.8. The van der Waals surface area contributed by atoms with Gasteiger partial charge in [0.05, 0.1) is 21.8 Å². The van der Waals surface area contributed by atoms with Gasteiger partial charge in [-0.15, -0.1) is 0 Å². The number of nitro benzene ring substituents is 2. The van der Waals surface area contributed by atoms with Crippen molar-refractivity contribution >= 4 is 46.3 Å². The molecule has 44 heavy (non-hydrogen) atoms. The van der Waals surface area contributed by atoms with Gasteiger partial charge in [0.25, 0.3) is 11.4 Å². The van der Waals surface area contributed by atoms with Crippen LogP contribution in [0.4, 0.5) is 22.7 Å². The average Bonchev–Trinajstić information content (AvgIpc) is 3.52. The molecule has 7 rings (SSSR count). The molecule has 4 aromatic rings. The molecule has 216 valence electrons. The summed E-state index contributed by atoms with van der Waals surface area (Å²) in [6.45, 7) is 0. The smallest absolute Gasteiger partial charge is 0.270 e. The molecule has 0 bridgehead atoms. The molecule has 11 heteroatoms. The van der Waals surface area contributed by atoms with E-state index in [1.54, 1.807) is 35.2 Å². The number of carbonyl (C=O) groups is 3. The van der Waals surface area contributed by atoms with Crippen LogP contribution in [-0.4, -0.2) is 39.4 Å². The molecule has 0 radical (unpaired) electrons. The van der Waals surface area contributed by atoms with Gasteiger partial charge >= 0.3 is 0 Å². The fourth-order valence-corrected chi connectivity index (χ4v) is 6.99. The number of fused-ring (bicyclic) bond motifs is 6. The van der Waals surface area contributed by atoms with E-state index in [9.17, 15) is 34.6 Å². The van der Waals surface area contributed by atoms with E-state index in [2.05, 4.69) is 5.32 Å². The first-order chi connectivity index (χ1) is 21.2. The highest BCUT2D eigenvalue weighted by molar-refractivity contribution is 6.18. The van der Waals surface area contributed by atoms with Gasteiger partial charge in [0.15, 0.2) is 11.6 Å². The van der Waals surface area contributed by atoms with E-state index in [-0.39, 0.29) is 22.5 Å². The van der Waals surface area contributed by atoms with Crippen molar-refractivity contribution in [2.75, 3.05) is 10.2 Å². The Balaban J connectivity index is 1.51. The number of para-hydroxylation sites is 2. The van der Waals surface area contributed by atoms with Crippen LogP contribution in [0.3, 0.4) is 0 Å². The van der Waals surface area contributed by atoms with Crippen LogP contribution >= 0.6 is 0 Å². The molecule has 0 aliphatic carbocycles. The van der Waals surface area contributed by atoms with Crippen molar-refractivity contribution in [3.63, 3.8) is 0 Å². The van der Waals surface area contributed by atoms with Gasteiger partial charge in [-0.3, -0.25) is 34.6 Å². The average molecular weight is 587 g/mol. The van der Waals surface area contributed by atoms with Gasteiger partial charge in [0, 0.05) is 46.8 Å². The van der Waals surface area contributed by atoms with Crippen LogP contribution in [0.5, 0.6) is 0 Å². The van der Waals surface area contributed by atoms with Gasteiger partial charge in [-0.1, -0.05) is 60.7 Å². The number of nitrogens with zero attached hydrogens (tertiary/aromatic N) is 3. The summed E-state index contributed by atoms with van der Waals surface area (Å²) in [6.07, 6.45) is 3.68. The first-order valence-corrected chi connectivity index (χ1v) is 13.8. The quantitative estimate of drug-likeness (QED) is 0.180. The van der Waals surface area contributed by atoms with Crippen molar-refractivity contribution in [3.8, 4) is 0 Å². The lowest BCUT2D eigenvalue weighted by Gasteiger charge is -2.37. The van der Waals surface area contributed by atoms with Gasteiger partial charge in [0.1, 0.15) is 11.5 Å². The predicted molar refractivity (Wildman–Crippen MR) is 161 cm³/mol. The third-order valence-electron chi connectivity index (χ3n) is 8.80. The van der Waals surface area contributed by atoms with E-state index < -0.39 is 50.7 Å². The number of ketones is 2. The van der Waals surface area contributed by atoms with Crippen molar-refractivity contribution in [1.82, 2.24) is 0 Å². The minimum Gasteiger partial charge on any atom is -0.352 e. The van der Waals surface area contributed by atoms with Gasteiger partial charge < -0.3 is 10.2 Å². The lowest BCUT2D eigenvalue weighted by Crippen LogP contribution is -2.51. The van der Waals surface area contributed by atoms with Crippen LogP contribution in [0.25, 0.3) is 6.08 Å². The third kappa shape index (κ3) is 3.72. The largest absolute Gasteiger partial charge is 0.352 e. The standard InChI is InChI=1S/C33H22N4O7/c38-30(21-7-5-8-23(18-21)37(43)44)28-29(31(39)20-12-15-22(16-13-20)36(41)42)35-26-11-4-1-6-19(26)14-17-27(35)33(28)24-9-2-3-10-25(24)34-32(33)40/h1-18,27-29H,(H,34,40)/t27-,28+,29-,33+/m0/s1. The molecule has 4 atom stereocenters. The minimum absolute atomic E-state index is 0.0145. The number of hydrogen-bond acceptors (Lipinski definition) is 8. The van der Waals surface area contributed by atoms with Crippen LogP contribution in [-0.2, 0) is 10.2 Å². The summed E-state index contributed by atoms with van der Waals surface area (Å²) in [4.78, 5) is 67.4. The molecular weight excluding hydrogens is 564 g/mol. The van der Waals surface area contributed by atoms with E-state index in [0.717, 1.165) is 11.6 Å². The van der Waals surface area contributed by atoms with E-state index in [4.69, 9.17) is 0 Å². The van der Waals surface area contributed by atoms with Crippen molar-refractivity contribution in [3.05, 3.63) is 146 Å². The monoisotopic (exact) mass is 586 g/mol. The van der Waals surface area contributed by atoms with Crippen LogP contribution < -0.4 is 10.2 Å². The summed E-state index contributed by atoms with van der Waals surface area (Å²) in [5.74, 6) is -2.94. The predicted octanol–water partition coefficient (Wildman–Crippen LogP) is 5.36. The number of anilines is 2. The highest BCUT2D eigenvalue weighted by atomic mass is 16.6. The Morgan fingerprint density at radius 1 is 0.773 bits per heavy atom. The number of non-ortho nitro benzene ring substituents is 2. The fraction of sp³-hybridized carbons (Fsp3) is 0.121. The summed E-state index contributed by atoms with van der Waals surface area (Å²) in [7, 11) is 0. The van der Waals surface area contributed by atoms with Crippen LogP contribution in [0, 0.1) is 26.1 Å². The van der Waals surface area contributed by atoms with E-state index in [1.807, 2.05) is 30.4 Å². The molecule has 3 aliphatic heterocycles. The van der Waals surface area contributed by atoms with Crippen molar-refractivity contribution < 1.29 is 24.2 Å².